The topological polar surface area (TPSA) is 65.0 Å². The fraction of sp³-hybridized carbons (Fsp3) is 0. The second kappa shape index (κ2) is 11.4. The average molecular weight is 669 g/mol. The Hall–Kier alpha value is -6.85. The summed E-state index contributed by atoms with van der Waals surface area (Å²) >= 11 is 0. The lowest BCUT2D eigenvalue weighted by Crippen LogP contribution is -2.00. The molecular weight excluding hydrogens is 615 g/mol. The molecule has 10 aromatic rings. The predicted molar refractivity (Wildman–Crippen MR) is 202 cm³/mol. The van der Waals surface area contributed by atoms with Crippen LogP contribution in [0.4, 0.5) is 0 Å². The third-order valence-electron chi connectivity index (χ3n) is 7.39. The number of hydrogen-bond acceptors (Lipinski definition) is 5. The van der Waals surface area contributed by atoms with Gasteiger partial charge in [0.25, 0.3) is 0 Å². The molecule has 0 aliphatic heterocycles. The smallest absolute Gasteiger partial charge is 0.164 e. The van der Waals surface area contributed by atoms with Crippen LogP contribution in [0, 0.1) is 0 Å². The lowest BCUT2D eigenvalue weighted by atomic mass is 9.93. The second-order valence-electron chi connectivity index (χ2n) is 10.3. The number of hydrogen-bond donors (Lipinski definition) is 0. The molecule has 5 heteroatoms. The molecule has 0 aliphatic carbocycles. The molecule has 0 spiro atoms. The van der Waals surface area contributed by atoms with E-state index in [9.17, 15) is 9.60 Å². The van der Waals surface area contributed by atoms with Crippen LogP contribution in [-0.2, 0) is 0 Å². The van der Waals surface area contributed by atoms with Crippen molar-refractivity contribution in [1.29, 1.82) is 0 Å². The molecule has 3 aromatic heterocycles. The highest BCUT2D eigenvalue weighted by Gasteiger charge is 2.18. The molecule has 10 rings (SSSR count). The maximum absolute atomic E-state index is 9.99. The van der Waals surface area contributed by atoms with Gasteiger partial charge in [-0.05, 0) is 70.6 Å². The largest absolute Gasteiger partial charge is 0.456 e. The summed E-state index contributed by atoms with van der Waals surface area (Å²) in [7, 11) is 0. The molecule has 0 saturated heterocycles. The average Bonchev–Trinajstić information content (AvgIpc) is 4.23. The Morgan fingerprint density at radius 1 is 0.340 bits per heavy atom. The van der Waals surface area contributed by atoms with Crippen molar-refractivity contribution < 1.29 is 45.8 Å². The summed E-state index contributed by atoms with van der Waals surface area (Å²) in [6.45, 7) is 0. The number of fused-ring (bicyclic) bond motifs is 6. The van der Waals surface area contributed by atoms with Crippen molar-refractivity contribution in [3.63, 3.8) is 0 Å². The Kier molecular flexibility index (Phi) is 2.79. The summed E-state index contributed by atoms with van der Waals surface area (Å²) in [6, 6.07) is -24.4. The van der Waals surface area contributed by atoms with Gasteiger partial charge in [0.05, 0.1) is 37.0 Å². The highest BCUT2D eigenvalue weighted by atomic mass is 16.3. The van der Waals surface area contributed by atoms with Crippen molar-refractivity contribution in [2.75, 3.05) is 0 Å². The van der Waals surface area contributed by atoms with Crippen LogP contribution in [0.25, 0.3) is 100 Å². The molecule has 0 radical (unpaired) electrons. The number of para-hydroxylation sites is 2. The van der Waals surface area contributed by atoms with Crippen molar-refractivity contribution in [2.24, 2.45) is 0 Å². The van der Waals surface area contributed by atoms with Gasteiger partial charge in [-0.2, -0.15) is 0 Å². The predicted octanol–water partition coefficient (Wildman–Crippen LogP) is 12.0. The highest BCUT2D eigenvalue weighted by Crippen LogP contribution is 2.41. The number of aromatic nitrogens is 3. The minimum absolute atomic E-state index is 0.411. The summed E-state index contributed by atoms with van der Waals surface area (Å²) in [5, 5.41) is -1.96. The Balaban J connectivity index is 1.47. The molecule has 0 fully saturated rings. The van der Waals surface area contributed by atoms with E-state index in [4.69, 9.17) is 36.2 Å². The monoisotopic (exact) mass is 668 g/mol. The molecule has 0 N–H and O–H groups in total. The third-order valence-corrected chi connectivity index (χ3v) is 7.39. The van der Waals surface area contributed by atoms with Crippen molar-refractivity contribution in [3.05, 3.63) is 163 Å². The summed E-state index contributed by atoms with van der Waals surface area (Å²) in [5.74, 6) is -2.77. The van der Waals surface area contributed by atoms with Crippen LogP contribution in [-0.4, -0.2) is 15.0 Å². The lowest BCUT2D eigenvalue weighted by molar-refractivity contribution is 0.668. The van der Waals surface area contributed by atoms with E-state index in [1.807, 2.05) is 0 Å². The van der Waals surface area contributed by atoms with Crippen molar-refractivity contribution in [1.82, 2.24) is 15.0 Å². The molecular formula is C45H27N3O2. The maximum atomic E-state index is 9.99. The molecule has 7 aromatic carbocycles. The van der Waals surface area contributed by atoms with Crippen LogP contribution in [0.5, 0.6) is 0 Å². The fourth-order valence-electron chi connectivity index (χ4n) is 5.24. The van der Waals surface area contributed by atoms with Crippen LogP contribution in [0.15, 0.2) is 172 Å². The first-order chi connectivity index (χ1) is 36.0. The van der Waals surface area contributed by atoms with E-state index in [-0.39, 0.29) is 0 Å². The van der Waals surface area contributed by atoms with Gasteiger partial charge in [-0.25, -0.2) is 15.0 Å². The van der Waals surface area contributed by atoms with Gasteiger partial charge in [0.2, 0.25) is 0 Å². The van der Waals surface area contributed by atoms with E-state index in [0.717, 1.165) is 0 Å². The van der Waals surface area contributed by atoms with E-state index in [1.165, 1.54) is 0 Å². The SMILES string of the molecule is [2H]c1c([2H])c([2H])c(-c2nc(-c3c([2H])c([2H])c([2H])c([2H])c3[2H])nc(-c3c([2H])c(-c4c([2H])c([2H])c5c(oc6c([2H])c([2H])c([2H])c([2H])c65)c4[2H])c([2H])c(-c4c([2H])c([2H])c([2H])c5oc6c([2H])c([2H])c([2H])c([2H])c6c45)c3[2H])n2)c([2H])c1[2H]. The first kappa shape index (κ1) is 12.2. The fourth-order valence-corrected chi connectivity index (χ4v) is 5.24. The third kappa shape index (κ3) is 4.75. The van der Waals surface area contributed by atoms with Crippen LogP contribution in [0.3, 0.4) is 0 Å². The highest BCUT2D eigenvalue weighted by molar-refractivity contribution is 6.13. The second-order valence-corrected chi connectivity index (χ2v) is 10.3. The number of benzene rings is 7. The Bertz CT molecular complexity index is 4290. The van der Waals surface area contributed by atoms with E-state index >= 15 is 0 Å². The van der Waals surface area contributed by atoms with Crippen molar-refractivity contribution >= 4 is 43.9 Å². The molecule has 50 heavy (non-hydrogen) atoms. The lowest BCUT2D eigenvalue weighted by Gasteiger charge is -2.13. The zero-order chi connectivity index (χ0) is 56.5. The quantitative estimate of drug-likeness (QED) is 0.183. The normalized spacial score (nSPS) is 19.2. The summed E-state index contributed by atoms with van der Waals surface area (Å²) in [4.78, 5) is 12.9. The van der Waals surface area contributed by atoms with Gasteiger partial charge in [0, 0.05) is 38.2 Å². The molecule has 0 bridgehead atoms. The molecule has 0 saturated carbocycles. The van der Waals surface area contributed by atoms with E-state index in [2.05, 4.69) is 15.0 Å². The van der Waals surface area contributed by atoms with Gasteiger partial charge in [0.1, 0.15) is 22.3 Å². The number of nitrogens with zero attached hydrogens (tertiary/aromatic N) is 3. The standard InChI is InChI=1S/C45H27N3O2/c1-3-12-28(13-4-1)43-46-44(29-14-5-2-6-15-29)48-45(47-43)33-25-31(30-22-23-36-35-16-7-9-19-38(35)50-41(36)27-30)24-32(26-33)34-18-11-21-40-42(34)37-17-8-10-20-39(37)49-40/h1-27H/i1D,2D,3D,4D,5D,6D,7D,8D,9D,10D,11D,12D,13D,14D,15D,16D,17D,18D,19D,20D,21D,22D,23D,24D,25D,26D,27D. The Labute approximate surface area is 325 Å². The molecule has 0 atom stereocenters. The Morgan fingerprint density at radius 2 is 0.860 bits per heavy atom. The molecule has 0 aliphatic rings. The maximum Gasteiger partial charge on any atom is 0.164 e. The summed E-state index contributed by atoms with van der Waals surface area (Å²) < 4.78 is 251. The van der Waals surface area contributed by atoms with Gasteiger partial charge in [-0.3, -0.25) is 0 Å². The summed E-state index contributed by atoms with van der Waals surface area (Å²) in [5.41, 5.74) is -8.43. The van der Waals surface area contributed by atoms with Crippen LogP contribution in [0.2, 0.25) is 0 Å². The molecule has 5 nitrogen and oxygen atoms in total. The first-order valence-corrected chi connectivity index (χ1v) is 14.4. The van der Waals surface area contributed by atoms with Gasteiger partial charge in [0.15, 0.2) is 17.5 Å². The van der Waals surface area contributed by atoms with E-state index < -0.39 is 263 Å². The van der Waals surface area contributed by atoms with Gasteiger partial charge < -0.3 is 8.83 Å². The van der Waals surface area contributed by atoms with Crippen LogP contribution < -0.4 is 0 Å². The number of rotatable bonds is 5. The first-order valence-electron chi connectivity index (χ1n) is 27.9. The van der Waals surface area contributed by atoms with Crippen LogP contribution >= 0.6 is 0 Å². The minimum Gasteiger partial charge on any atom is -0.456 e. The summed E-state index contributed by atoms with van der Waals surface area (Å²) in [6.07, 6.45) is 0. The van der Waals surface area contributed by atoms with Crippen LogP contribution in [0.1, 0.15) is 37.0 Å². The zero-order valence-corrected chi connectivity index (χ0v) is 24.7. The van der Waals surface area contributed by atoms with E-state index in [1.54, 1.807) is 0 Å². The van der Waals surface area contributed by atoms with Crippen molar-refractivity contribution in [3.8, 4) is 56.4 Å². The van der Waals surface area contributed by atoms with Gasteiger partial charge in [-0.1, -0.05) is 115 Å². The molecule has 0 unspecified atom stereocenters. The van der Waals surface area contributed by atoms with E-state index in [0.29, 0.717) is 0 Å². The zero-order valence-electron chi connectivity index (χ0n) is 51.7. The van der Waals surface area contributed by atoms with Gasteiger partial charge in [-0.15, -0.1) is 0 Å². The number of furan rings is 2. The van der Waals surface area contributed by atoms with Gasteiger partial charge >= 0.3 is 0 Å². The Morgan fingerprint density at radius 3 is 1.58 bits per heavy atom. The minimum atomic E-state index is -1.11. The molecule has 0 amide bonds. The molecule has 3 heterocycles. The molecule has 234 valence electrons. The van der Waals surface area contributed by atoms with Crippen molar-refractivity contribution in [2.45, 2.75) is 0 Å².